The third-order valence-corrected chi connectivity index (χ3v) is 8.15. The molecule has 1 saturated heterocycles. The lowest BCUT2D eigenvalue weighted by Gasteiger charge is -2.54. The lowest BCUT2D eigenvalue weighted by atomic mass is 9.58. The molecule has 8 nitrogen and oxygen atoms in total. The Morgan fingerprint density at radius 2 is 1.97 bits per heavy atom. The summed E-state index contributed by atoms with van der Waals surface area (Å²) < 4.78 is 0. The summed E-state index contributed by atoms with van der Waals surface area (Å²) in [6, 6.07) is 12.5. The standard InChI is InChI=1S/C28H29Cl2N5O3/c1-4-16(2)26-28(21-9-8-20(30)13-23(21)32-27(28)38)22(18-6-5-7-19(29)12-18)14-24-33-35(11-10-31-17(3)36)25(37)15-34(24)26/h5-9,12-13,22,26H,2,4,10-11,14-15H2,1,3H3,(H,31,36)(H,32,38)/t22-,26+,28-/m0/s1. The highest BCUT2D eigenvalue weighted by Crippen LogP contribution is 2.57. The molecule has 1 fully saturated rings. The second kappa shape index (κ2) is 10.1. The van der Waals surface area contributed by atoms with Crippen LogP contribution < -0.4 is 10.6 Å². The number of hydrogen-bond acceptors (Lipinski definition) is 5. The van der Waals surface area contributed by atoms with Crippen molar-refractivity contribution in [3.8, 4) is 0 Å². The zero-order chi connectivity index (χ0) is 27.2. The number of carbonyl (C=O) groups is 3. The highest BCUT2D eigenvalue weighted by molar-refractivity contribution is 6.31. The average Bonchev–Trinajstić information content (AvgIpc) is 3.14. The van der Waals surface area contributed by atoms with Crippen LogP contribution in [0.1, 0.15) is 43.7 Å². The number of rotatable bonds is 6. The molecule has 1 spiro atoms. The second-order valence-electron chi connectivity index (χ2n) is 9.88. The molecule has 3 amide bonds. The fourth-order valence-corrected chi connectivity index (χ4v) is 6.42. The molecule has 2 aromatic rings. The molecule has 3 aliphatic rings. The minimum atomic E-state index is -1.09. The smallest absolute Gasteiger partial charge is 0.262 e. The molecule has 2 aromatic carbocycles. The van der Waals surface area contributed by atoms with Crippen molar-refractivity contribution in [2.45, 2.75) is 44.1 Å². The van der Waals surface area contributed by atoms with Crippen molar-refractivity contribution in [1.82, 2.24) is 15.2 Å². The van der Waals surface area contributed by atoms with E-state index >= 15 is 0 Å². The Kier molecular flexibility index (Phi) is 6.96. The highest BCUT2D eigenvalue weighted by atomic mass is 35.5. The molecule has 0 bridgehead atoms. The molecule has 3 aliphatic heterocycles. The Hall–Kier alpha value is -3.36. The first-order valence-corrected chi connectivity index (χ1v) is 13.4. The van der Waals surface area contributed by atoms with Gasteiger partial charge in [-0.2, -0.15) is 5.10 Å². The summed E-state index contributed by atoms with van der Waals surface area (Å²) >= 11 is 12.8. The van der Waals surface area contributed by atoms with Crippen LogP contribution in [0.4, 0.5) is 5.69 Å². The number of fused-ring (bicyclic) bond motifs is 3. The lowest BCUT2D eigenvalue weighted by Crippen LogP contribution is -2.66. The van der Waals surface area contributed by atoms with Crippen molar-refractivity contribution in [3.05, 3.63) is 75.8 Å². The van der Waals surface area contributed by atoms with Gasteiger partial charge in [-0.1, -0.05) is 60.5 Å². The number of hydrazone groups is 1. The molecule has 198 valence electrons. The minimum absolute atomic E-state index is 0.0445. The molecule has 0 radical (unpaired) electrons. The van der Waals surface area contributed by atoms with Crippen LogP contribution in [0, 0.1) is 0 Å². The lowest BCUT2D eigenvalue weighted by molar-refractivity contribution is -0.136. The van der Waals surface area contributed by atoms with Crippen molar-refractivity contribution in [2.75, 3.05) is 25.0 Å². The Balaban J connectivity index is 1.70. The van der Waals surface area contributed by atoms with E-state index in [2.05, 4.69) is 17.2 Å². The van der Waals surface area contributed by atoms with Gasteiger partial charge in [0.2, 0.25) is 11.8 Å². The number of piperidine rings is 1. The van der Waals surface area contributed by atoms with Gasteiger partial charge in [0.15, 0.2) is 0 Å². The van der Waals surface area contributed by atoms with Crippen LogP contribution in [0.5, 0.6) is 0 Å². The zero-order valence-corrected chi connectivity index (χ0v) is 22.8. The summed E-state index contributed by atoms with van der Waals surface area (Å²) in [6.45, 7) is 8.41. The van der Waals surface area contributed by atoms with Gasteiger partial charge in [-0.15, -0.1) is 0 Å². The predicted molar refractivity (Wildman–Crippen MR) is 148 cm³/mol. The maximum absolute atomic E-state index is 14.2. The van der Waals surface area contributed by atoms with Crippen molar-refractivity contribution in [2.24, 2.45) is 5.10 Å². The summed E-state index contributed by atoms with van der Waals surface area (Å²) in [5, 5.41) is 13.0. The quantitative estimate of drug-likeness (QED) is 0.521. The summed E-state index contributed by atoms with van der Waals surface area (Å²) in [4.78, 5) is 40.7. The molecule has 0 aliphatic carbocycles. The molecule has 3 heterocycles. The molecule has 2 N–H and O–H groups in total. The van der Waals surface area contributed by atoms with Gasteiger partial charge < -0.3 is 15.5 Å². The Morgan fingerprint density at radius 1 is 1.21 bits per heavy atom. The molecule has 0 saturated carbocycles. The van der Waals surface area contributed by atoms with E-state index in [0.29, 0.717) is 41.0 Å². The van der Waals surface area contributed by atoms with Gasteiger partial charge in [-0.3, -0.25) is 14.4 Å². The first-order chi connectivity index (χ1) is 18.2. The van der Waals surface area contributed by atoms with E-state index in [0.717, 1.165) is 16.7 Å². The zero-order valence-electron chi connectivity index (χ0n) is 21.3. The molecule has 0 unspecified atom stereocenters. The molecular formula is C28H29Cl2N5O3. The number of benzene rings is 2. The fourth-order valence-electron chi connectivity index (χ4n) is 6.05. The average molecular weight is 554 g/mol. The predicted octanol–water partition coefficient (Wildman–Crippen LogP) is 4.30. The normalized spacial score (nSPS) is 24.1. The van der Waals surface area contributed by atoms with Crippen molar-refractivity contribution in [3.63, 3.8) is 0 Å². The molecule has 38 heavy (non-hydrogen) atoms. The van der Waals surface area contributed by atoms with Gasteiger partial charge in [0.25, 0.3) is 5.91 Å². The molecule has 0 aromatic heterocycles. The van der Waals surface area contributed by atoms with Gasteiger partial charge >= 0.3 is 0 Å². The highest BCUT2D eigenvalue weighted by Gasteiger charge is 2.63. The van der Waals surface area contributed by atoms with E-state index in [1.54, 1.807) is 18.2 Å². The van der Waals surface area contributed by atoms with Gasteiger partial charge in [-0.25, -0.2) is 5.01 Å². The fraction of sp³-hybridized carbons (Fsp3) is 0.357. The van der Waals surface area contributed by atoms with E-state index < -0.39 is 11.5 Å². The van der Waals surface area contributed by atoms with Gasteiger partial charge in [0, 0.05) is 41.5 Å². The van der Waals surface area contributed by atoms with Crippen molar-refractivity contribution < 1.29 is 14.4 Å². The van der Waals surface area contributed by atoms with Gasteiger partial charge in [0.1, 0.15) is 17.8 Å². The largest absolute Gasteiger partial charge is 0.354 e. The number of anilines is 1. The molecule has 5 rings (SSSR count). The Morgan fingerprint density at radius 3 is 2.68 bits per heavy atom. The Labute approximate surface area is 231 Å². The Bertz CT molecular complexity index is 1380. The van der Waals surface area contributed by atoms with Crippen molar-refractivity contribution in [1.29, 1.82) is 0 Å². The van der Waals surface area contributed by atoms with Crippen molar-refractivity contribution >= 4 is 52.4 Å². The first kappa shape index (κ1) is 26.3. The van der Waals surface area contributed by atoms with E-state index in [4.69, 9.17) is 28.3 Å². The van der Waals surface area contributed by atoms with Crippen LogP contribution in [0.25, 0.3) is 0 Å². The third-order valence-electron chi connectivity index (χ3n) is 7.68. The first-order valence-electron chi connectivity index (χ1n) is 12.6. The second-order valence-corrected chi connectivity index (χ2v) is 10.8. The summed E-state index contributed by atoms with van der Waals surface area (Å²) in [5.41, 5.74) is 2.10. The number of nitrogens with one attached hydrogen (secondary N) is 2. The van der Waals surface area contributed by atoms with Gasteiger partial charge in [0.05, 0.1) is 12.6 Å². The van der Waals surface area contributed by atoms with E-state index in [1.807, 2.05) is 36.1 Å². The maximum atomic E-state index is 14.2. The van der Waals surface area contributed by atoms with Crippen LogP contribution in [-0.2, 0) is 19.8 Å². The third kappa shape index (κ3) is 4.25. The summed E-state index contributed by atoms with van der Waals surface area (Å²) in [7, 11) is 0. The molecular weight excluding hydrogens is 525 g/mol. The molecule has 10 heteroatoms. The molecule has 3 atom stereocenters. The van der Waals surface area contributed by atoms with E-state index in [9.17, 15) is 14.4 Å². The maximum Gasteiger partial charge on any atom is 0.262 e. The van der Waals surface area contributed by atoms with E-state index in [1.165, 1.54) is 11.9 Å². The van der Waals surface area contributed by atoms with Crippen LogP contribution >= 0.6 is 23.2 Å². The van der Waals surface area contributed by atoms with Crippen LogP contribution in [-0.4, -0.2) is 59.1 Å². The summed E-state index contributed by atoms with van der Waals surface area (Å²) in [6.07, 6.45) is 1.00. The topological polar surface area (TPSA) is 94.1 Å². The van der Waals surface area contributed by atoms with Crippen LogP contribution in [0.2, 0.25) is 10.0 Å². The number of amidine groups is 1. The minimum Gasteiger partial charge on any atom is -0.354 e. The number of hydrogen-bond donors (Lipinski definition) is 2. The number of halogens is 2. The monoisotopic (exact) mass is 553 g/mol. The number of nitrogens with zero attached hydrogens (tertiary/aromatic N) is 3. The SMILES string of the molecule is C=C(CC)[C@H]1N2CC(=O)N(CCNC(C)=O)N=C2C[C@@H](c2cccc(Cl)c2)[C@]12C(=O)Nc1cc(Cl)ccc12. The van der Waals surface area contributed by atoms with Crippen LogP contribution in [0.3, 0.4) is 0 Å². The van der Waals surface area contributed by atoms with Crippen LogP contribution in [0.15, 0.2) is 59.7 Å². The summed E-state index contributed by atoms with van der Waals surface area (Å²) in [5.74, 6) is -0.206. The van der Waals surface area contributed by atoms with Gasteiger partial charge in [-0.05, 0) is 41.8 Å². The number of amides is 3. The van der Waals surface area contributed by atoms with E-state index in [-0.39, 0.29) is 36.7 Å². The number of carbonyl (C=O) groups excluding carboxylic acids is 3.